The Morgan fingerprint density at radius 1 is 1.19 bits per heavy atom. The van der Waals surface area contributed by atoms with Crippen LogP contribution >= 0.6 is 0 Å². The van der Waals surface area contributed by atoms with Gasteiger partial charge in [-0.2, -0.15) is 0 Å². The van der Waals surface area contributed by atoms with Gasteiger partial charge in [-0.25, -0.2) is 9.64 Å². The van der Waals surface area contributed by atoms with Gasteiger partial charge in [0.25, 0.3) is 0 Å². The van der Waals surface area contributed by atoms with Crippen LogP contribution in [-0.2, 0) is 4.74 Å². The van der Waals surface area contributed by atoms with Crippen molar-refractivity contribution in [3.63, 3.8) is 0 Å². The molecule has 6 heteroatoms. The molecule has 2 heterocycles. The Bertz CT molecular complexity index is 937. The molecule has 0 N–H and O–H groups in total. The zero-order valence-electron chi connectivity index (χ0n) is 16.3. The monoisotopic (exact) mass is 354 g/mol. The fourth-order valence-corrected chi connectivity index (χ4v) is 4.49. The molecule has 0 aliphatic heterocycles. The first-order valence-corrected chi connectivity index (χ1v) is 9.19. The molecule has 0 amide bonds. The van der Waals surface area contributed by atoms with Gasteiger partial charge in [0.2, 0.25) is 5.69 Å². The number of ether oxygens (including phenoxy) is 1. The van der Waals surface area contributed by atoms with E-state index in [2.05, 4.69) is 35.8 Å². The third kappa shape index (κ3) is 2.86. The fourth-order valence-electron chi connectivity index (χ4n) is 4.49. The maximum atomic E-state index is 13.1. The molecule has 1 aliphatic carbocycles. The molecule has 138 valence electrons. The molecule has 0 aromatic carbocycles. The lowest BCUT2D eigenvalue weighted by Gasteiger charge is -2.37. The van der Waals surface area contributed by atoms with Crippen LogP contribution in [0.2, 0.25) is 0 Å². The standard InChI is InChI=1S/C20H26N4O2/c1-10(2)17-16(21-7)15(19-23-22-14(6)24(17)19)20(25)26-18-12(4)8-11(3)9-13(18)5/h11-13,18H,8-9H2,1-6H3. The Kier molecular flexibility index (Phi) is 4.74. The average molecular weight is 354 g/mol. The van der Waals surface area contributed by atoms with E-state index in [1.165, 1.54) is 0 Å². The number of carbonyl (C=O) groups is 1. The van der Waals surface area contributed by atoms with Crippen molar-refractivity contribution in [3.05, 3.63) is 28.2 Å². The molecule has 2 atom stereocenters. The summed E-state index contributed by atoms with van der Waals surface area (Å²) in [5, 5.41) is 8.94. The molecule has 2 aromatic heterocycles. The van der Waals surface area contributed by atoms with Crippen molar-refractivity contribution in [1.82, 2.24) is 14.6 Å². The van der Waals surface area contributed by atoms with E-state index in [1.807, 2.05) is 20.8 Å². The minimum Gasteiger partial charge on any atom is -0.459 e. The number of carbonyl (C=O) groups excluding carboxylic acids is 1. The molecule has 1 aliphatic rings. The lowest BCUT2D eigenvalue weighted by atomic mass is 9.75. The summed E-state index contributed by atoms with van der Waals surface area (Å²) < 4.78 is 7.72. The number of esters is 1. The van der Waals surface area contributed by atoms with Crippen molar-refractivity contribution in [2.45, 2.75) is 60.5 Å². The predicted molar refractivity (Wildman–Crippen MR) is 99.9 cm³/mol. The molecule has 2 unspecified atom stereocenters. The van der Waals surface area contributed by atoms with E-state index in [4.69, 9.17) is 11.3 Å². The van der Waals surface area contributed by atoms with Crippen molar-refractivity contribution in [2.24, 2.45) is 17.8 Å². The highest BCUT2D eigenvalue weighted by molar-refractivity contribution is 6.03. The summed E-state index contributed by atoms with van der Waals surface area (Å²) in [7, 11) is 0. The molecular formula is C20H26N4O2. The first kappa shape index (κ1) is 18.4. The largest absolute Gasteiger partial charge is 0.459 e. The van der Waals surface area contributed by atoms with E-state index in [9.17, 15) is 4.79 Å². The summed E-state index contributed by atoms with van der Waals surface area (Å²) in [6.45, 7) is 19.8. The first-order chi connectivity index (χ1) is 12.3. The van der Waals surface area contributed by atoms with Crippen molar-refractivity contribution >= 4 is 22.9 Å². The highest BCUT2D eigenvalue weighted by atomic mass is 16.5. The van der Waals surface area contributed by atoms with Gasteiger partial charge in [0, 0.05) is 0 Å². The molecule has 1 saturated carbocycles. The molecule has 3 rings (SSSR count). The summed E-state index contributed by atoms with van der Waals surface area (Å²) >= 11 is 0. The second kappa shape index (κ2) is 6.71. The van der Waals surface area contributed by atoms with Crippen molar-refractivity contribution in [1.29, 1.82) is 0 Å². The molecule has 2 aromatic rings. The van der Waals surface area contributed by atoms with Crippen LogP contribution in [0.5, 0.6) is 0 Å². The summed E-state index contributed by atoms with van der Waals surface area (Å²) in [6, 6.07) is 0. The second-order valence-electron chi connectivity index (χ2n) is 7.99. The summed E-state index contributed by atoms with van der Waals surface area (Å²) in [6.07, 6.45) is 1.96. The highest BCUT2D eigenvalue weighted by Gasteiger charge is 2.36. The SMILES string of the molecule is [C-]#[N+]c1c(C(=O)OC2C(C)CC(C)CC2C)c2nnc(C)n2c1=C(C)C. The molecule has 0 bridgehead atoms. The van der Waals surface area contributed by atoms with Gasteiger partial charge in [0.1, 0.15) is 17.5 Å². The van der Waals surface area contributed by atoms with E-state index in [0.717, 1.165) is 18.4 Å². The number of aryl methyl sites for hydroxylation is 1. The van der Waals surface area contributed by atoms with Gasteiger partial charge in [0.15, 0.2) is 5.65 Å². The molecule has 26 heavy (non-hydrogen) atoms. The third-order valence-electron chi connectivity index (χ3n) is 5.44. The number of hydrogen-bond donors (Lipinski definition) is 0. The molecular weight excluding hydrogens is 328 g/mol. The Balaban J connectivity index is 2.08. The zero-order valence-corrected chi connectivity index (χ0v) is 16.3. The molecule has 0 spiro atoms. The fraction of sp³-hybridized carbons (Fsp3) is 0.600. The zero-order chi connectivity index (χ0) is 19.2. The van der Waals surface area contributed by atoms with Gasteiger partial charge >= 0.3 is 5.97 Å². The van der Waals surface area contributed by atoms with E-state index >= 15 is 0 Å². The number of aromatic nitrogens is 3. The summed E-state index contributed by atoms with van der Waals surface area (Å²) in [5.74, 6) is 1.45. The normalized spacial score (nSPS) is 25.9. The van der Waals surface area contributed by atoms with Crippen LogP contribution in [0.4, 0.5) is 5.69 Å². The predicted octanol–water partition coefficient (Wildman–Crippen LogP) is 3.73. The minimum absolute atomic E-state index is 0.133. The maximum absolute atomic E-state index is 13.1. The van der Waals surface area contributed by atoms with E-state index < -0.39 is 5.97 Å². The maximum Gasteiger partial charge on any atom is 0.331 e. The number of rotatable bonds is 2. The summed E-state index contributed by atoms with van der Waals surface area (Å²) in [5.41, 5.74) is 1.91. The van der Waals surface area contributed by atoms with Gasteiger partial charge in [-0.15, -0.1) is 10.2 Å². The smallest absolute Gasteiger partial charge is 0.331 e. The third-order valence-corrected chi connectivity index (χ3v) is 5.44. The van der Waals surface area contributed by atoms with Gasteiger partial charge in [-0.05, 0) is 51.4 Å². The Labute approximate surface area is 154 Å². The van der Waals surface area contributed by atoms with Gasteiger partial charge in [-0.3, -0.25) is 4.40 Å². The van der Waals surface area contributed by atoms with Crippen LogP contribution in [0.15, 0.2) is 0 Å². The average Bonchev–Trinajstić information content (AvgIpc) is 3.08. The van der Waals surface area contributed by atoms with Crippen LogP contribution < -0.4 is 5.35 Å². The summed E-state index contributed by atoms with van der Waals surface area (Å²) in [4.78, 5) is 16.7. The second-order valence-corrected chi connectivity index (χ2v) is 7.99. The van der Waals surface area contributed by atoms with Gasteiger partial charge < -0.3 is 4.74 Å². The molecule has 6 nitrogen and oxygen atoms in total. The van der Waals surface area contributed by atoms with Crippen molar-refractivity contribution < 1.29 is 9.53 Å². The van der Waals surface area contributed by atoms with Gasteiger partial charge in [0.05, 0.1) is 11.9 Å². The van der Waals surface area contributed by atoms with Crippen LogP contribution in [0.25, 0.3) is 16.1 Å². The van der Waals surface area contributed by atoms with Crippen molar-refractivity contribution in [3.8, 4) is 0 Å². The highest BCUT2D eigenvalue weighted by Crippen LogP contribution is 2.36. The van der Waals surface area contributed by atoms with Crippen LogP contribution in [0.3, 0.4) is 0 Å². The van der Waals surface area contributed by atoms with E-state index in [0.29, 0.717) is 40.3 Å². The Morgan fingerprint density at radius 2 is 1.81 bits per heavy atom. The van der Waals surface area contributed by atoms with Gasteiger partial charge in [-0.1, -0.05) is 26.3 Å². The van der Waals surface area contributed by atoms with Crippen LogP contribution in [0.1, 0.15) is 63.6 Å². The molecule has 0 radical (unpaired) electrons. The van der Waals surface area contributed by atoms with Crippen LogP contribution in [-0.4, -0.2) is 26.7 Å². The number of nitrogens with zero attached hydrogens (tertiary/aromatic N) is 4. The minimum atomic E-state index is -0.459. The lowest BCUT2D eigenvalue weighted by molar-refractivity contribution is -0.0249. The van der Waals surface area contributed by atoms with Crippen molar-refractivity contribution in [2.75, 3.05) is 0 Å². The Morgan fingerprint density at radius 3 is 2.35 bits per heavy atom. The van der Waals surface area contributed by atoms with E-state index in [-0.39, 0.29) is 11.7 Å². The van der Waals surface area contributed by atoms with Crippen LogP contribution in [0, 0.1) is 31.2 Å². The number of hydrogen-bond acceptors (Lipinski definition) is 4. The molecule has 0 saturated heterocycles. The lowest BCUT2D eigenvalue weighted by Crippen LogP contribution is -2.37. The quantitative estimate of drug-likeness (QED) is 0.609. The first-order valence-electron chi connectivity index (χ1n) is 9.19. The molecule has 1 fully saturated rings. The number of fused-ring (bicyclic) bond motifs is 1. The Hall–Kier alpha value is -2.42. The van der Waals surface area contributed by atoms with E-state index in [1.54, 1.807) is 4.40 Å². The topological polar surface area (TPSA) is 60.8 Å².